The lowest BCUT2D eigenvalue weighted by Gasteiger charge is -2.26. The van der Waals surface area contributed by atoms with E-state index in [-0.39, 0.29) is 4.88 Å². The molecular formula is C20H27F3N6S. The fourth-order valence-corrected chi connectivity index (χ4v) is 5.31. The van der Waals surface area contributed by atoms with E-state index in [1.807, 2.05) is 18.3 Å². The van der Waals surface area contributed by atoms with Crippen LogP contribution in [0.3, 0.4) is 0 Å². The minimum Gasteiger partial charge on any atom is -0.356 e. The highest BCUT2D eigenvalue weighted by Crippen LogP contribution is 2.34. The third kappa shape index (κ3) is 5.03. The van der Waals surface area contributed by atoms with Crippen LogP contribution in [0, 0.1) is 5.92 Å². The topological polar surface area (TPSA) is 56.6 Å². The van der Waals surface area contributed by atoms with Crippen LogP contribution in [0.15, 0.2) is 17.5 Å². The van der Waals surface area contributed by atoms with Crippen LogP contribution in [0.2, 0.25) is 0 Å². The summed E-state index contributed by atoms with van der Waals surface area (Å²) in [5.74, 6) is 1.16. The molecule has 2 aliphatic rings. The van der Waals surface area contributed by atoms with Gasteiger partial charge in [-0.2, -0.15) is 18.3 Å². The maximum Gasteiger partial charge on any atom is 0.393 e. The van der Waals surface area contributed by atoms with Crippen LogP contribution in [0.5, 0.6) is 0 Å². The Kier molecular flexibility index (Phi) is 6.15. The van der Waals surface area contributed by atoms with Gasteiger partial charge in [-0.25, -0.2) is 9.97 Å². The zero-order valence-corrected chi connectivity index (χ0v) is 18.0. The van der Waals surface area contributed by atoms with E-state index < -0.39 is 12.6 Å². The van der Waals surface area contributed by atoms with Crippen LogP contribution in [0.25, 0.3) is 10.2 Å². The molecule has 1 N–H and O–H groups in total. The maximum absolute atomic E-state index is 12.8. The van der Waals surface area contributed by atoms with Gasteiger partial charge in [-0.3, -0.25) is 5.01 Å². The van der Waals surface area contributed by atoms with Crippen LogP contribution < -0.4 is 10.2 Å². The number of nitrogens with one attached hydrogen (secondary N) is 1. The van der Waals surface area contributed by atoms with Gasteiger partial charge in [-0.15, -0.1) is 11.3 Å². The average molecular weight is 441 g/mol. The molecule has 6 nitrogen and oxygen atoms in total. The van der Waals surface area contributed by atoms with Crippen molar-refractivity contribution in [1.82, 2.24) is 20.3 Å². The van der Waals surface area contributed by atoms with Gasteiger partial charge in [0.2, 0.25) is 0 Å². The first-order valence-electron chi connectivity index (χ1n) is 10.3. The Labute approximate surface area is 178 Å². The maximum atomic E-state index is 12.8. The zero-order chi connectivity index (χ0) is 21.3. The molecule has 0 aliphatic carbocycles. The minimum absolute atomic E-state index is 0.283. The lowest BCUT2D eigenvalue weighted by Crippen LogP contribution is -2.43. The van der Waals surface area contributed by atoms with Crippen molar-refractivity contribution in [1.29, 1.82) is 0 Å². The number of fused-ring (bicyclic) bond motifs is 1. The summed E-state index contributed by atoms with van der Waals surface area (Å²) in [5, 5.41) is 10.8. The molecule has 1 fully saturated rings. The summed E-state index contributed by atoms with van der Waals surface area (Å²) < 4.78 is 38.4. The summed E-state index contributed by atoms with van der Waals surface area (Å²) in [7, 11) is 1.99. The number of anilines is 1. The molecule has 2 aromatic heterocycles. The van der Waals surface area contributed by atoms with Crippen molar-refractivity contribution in [2.75, 3.05) is 31.6 Å². The van der Waals surface area contributed by atoms with Crippen molar-refractivity contribution in [2.45, 2.75) is 50.9 Å². The van der Waals surface area contributed by atoms with Gasteiger partial charge >= 0.3 is 6.18 Å². The van der Waals surface area contributed by atoms with E-state index in [2.05, 4.69) is 32.2 Å². The summed E-state index contributed by atoms with van der Waals surface area (Å²) in [4.78, 5) is 11.7. The van der Waals surface area contributed by atoms with Crippen LogP contribution in [-0.2, 0) is 6.42 Å². The number of hydrazone groups is 1. The third-order valence-electron chi connectivity index (χ3n) is 5.83. The molecule has 0 saturated carbocycles. The van der Waals surface area contributed by atoms with Gasteiger partial charge in [0, 0.05) is 55.8 Å². The zero-order valence-electron chi connectivity index (χ0n) is 17.2. The van der Waals surface area contributed by atoms with E-state index in [0.29, 0.717) is 22.8 Å². The molecule has 4 heterocycles. The molecule has 0 aromatic carbocycles. The summed E-state index contributed by atoms with van der Waals surface area (Å²) in [6.45, 7) is 4.81. The minimum atomic E-state index is -4.22. The van der Waals surface area contributed by atoms with Crippen molar-refractivity contribution in [3.05, 3.63) is 17.3 Å². The molecule has 0 amide bonds. The number of nitrogens with zero attached hydrogens (tertiary/aromatic N) is 5. The molecule has 4 rings (SSSR count). The van der Waals surface area contributed by atoms with E-state index in [9.17, 15) is 13.2 Å². The predicted octanol–water partition coefficient (Wildman–Crippen LogP) is 3.68. The SMILES string of the molecule is C[C@H](N[C@H]1CCCN(c2ncnc3sc(CC(F)(F)F)cc23)CC1)C1C=NN(C)C1. The molecule has 0 spiro atoms. The molecule has 3 atom stereocenters. The van der Waals surface area contributed by atoms with E-state index >= 15 is 0 Å². The fraction of sp³-hybridized carbons (Fsp3) is 0.650. The number of thiophene rings is 1. The van der Waals surface area contributed by atoms with Crippen LogP contribution in [-0.4, -0.2) is 66.1 Å². The first-order valence-corrected chi connectivity index (χ1v) is 11.2. The molecule has 10 heteroatoms. The molecule has 1 saturated heterocycles. The second-order valence-corrected chi connectivity index (χ2v) is 9.37. The predicted molar refractivity (Wildman–Crippen MR) is 114 cm³/mol. The second-order valence-electron chi connectivity index (χ2n) is 8.26. The molecule has 0 radical (unpaired) electrons. The molecule has 0 bridgehead atoms. The lowest BCUT2D eigenvalue weighted by molar-refractivity contribution is -0.126. The number of rotatable bonds is 5. The molecular weight excluding hydrogens is 413 g/mol. The molecule has 1 unspecified atom stereocenters. The second kappa shape index (κ2) is 8.66. The van der Waals surface area contributed by atoms with E-state index in [1.54, 1.807) is 6.07 Å². The smallest absolute Gasteiger partial charge is 0.356 e. The quantitative estimate of drug-likeness (QED) is 0.769. The van der Waals surface area contributed by atoms with Crippen molar-refractivity contribution >= 4 is 33.6 Å². The third-order valence-corrected chi connectivity index (χ3v) is 6.88. The highest BCUT2D eigenvalue weighted by molar-refractivity contribution is 7.18. The first-order chi connectivity index (χ1) is 14.3. The van der Waals surface area contributed by atoms with Gasteiger partial charge < -0.3 is 10.2 Å². The van der Waals surface area contributed by atoms with Crippen molar-refractivity contribution in [3.8, 4) is 0 Å². The van der Waals surface area contributed by atoms with Gasteiger partial charge in [0.1, 0.15) is 17.0 Å². The van der Waals surface area contributed by atoms with Gasteiger partial charge in [0.05, 0.1) is 11.8 Å². The Morgan fingerprint density at radius 1 is 1.27 bits per heavy atom. The molecule has 2 aromatic rings. The number of alkyl halides is 3. The Bertz CT molecular complexity index is 898. The van der Waals surface area contributed by atoms with Crippen molar-refractivity contribution in [2.24, 2.45) is 11.0 Å². The highest BCUT2D eigenvalue weighted by Gasteiger charge is 2.30. The van der Waals surface area contributed by atoms with Gasteiger partial charge in [-0.1, -0.05) is 0 Å². The molecule has 30 heavy (non-hydrogen) atoms. The van der Waals surface area contributed by atoms with Crippen molar-refractivity contribution in [3.63, 3.8) is 0 Å². The number of halogens is 3. The van der Waals surface area contributed by atoms with Gasteiger partial charge in [0.15, 0.2) is 0 Å². The first kappa shape index (κ1) is 21.3. The Hall–Kier alpha value is -1.94. The fourth-order valence-electron chi connectivity index (χ4n) is 4.29. The Morgan fingerprint density at radius 3 is 2.83 bits per heavy atom. The number of hydrogen-bond donors (Lipinski definition) is 1. The normalized spacial score (nSPS) is 23.9. The highest BCUT2D eigenvalue weighted by atomic mass is 32.1. The Morgan fingerprint density at radius 2 is 2.10 bits per heavy atom. The lowest BCUT2D eigenvalue weighted by atomic mass is 10.0. The van der Waals surface area contributed by atoms with Crippen molar-refractivity contribution < 1.29 is 13.2 Å². The summed E-state index contributed by atoms with van der Waals surface area (Å²) in [6, 6.07) is 2.37. The monoisotopic (exact) mass is 440 g/mol. The van der Waals surface area contributed by atoms with Gasteiger partial charge in [0.25, 0.3) is 0 Å². The average Bonchev–Trinajstić information content (AvgIpc) is 3.20. The largest absolute Gasteiger partial charge is 0.393 e. The van der Waals surface area contributed by atoms with Gasteiger partial charge in [-0.05, 0) is 32.3 Å². The summed E-state index contributed by atoms with van der Waals surface area (Å²) >= 11 is 1.10. The van der Waals surface area contributed by atoms with E-state index in [0.717, 1.165) is 61.4 Å². The summed E-state index contributed by atoms with van der Waals surface area (Å²) in [6.07, 6.45) is 1.39. The van der Waals surface area contributed by atoms with E-state index in [1.165, 1.54) is 6.33 Å². The molecule has 2 aliphatic heterocycles. The van der Waals surface area contributed by atoms with Crippen LogP contribution in [0.1, 0.15) is 31.1 Å². The number of hydrogen-bond acceptors (Lipinski definition) is 7. The summed E-state index contributed by atoms with van der Waals surface area (Å²) in [5.41, 5.74) is 0. The van der Waals surface area contributed by atoms with E-state index in [4.69, 9.17) is 0 Å². The Balaban J connectivity index is 1.43. The van der Waals surface area contributed by atoms with Crippen LogP contribution in [0.4, 0.5) is 19.0 Å². The molecule has 164 valence electrons. The standard InChI is InChI=1S/C20H27F3N6S/c1-13(14-10-26-28(2)11-14)27-15-4-3-6-29(7-5-15)18-17-8-16(9-20(21,22)23)30-19(17)25-12-24-18/h8,10,12-15,27H,3-7,9,11H2,1-2H3/t13-,14?,15-/m0/s1. The number of aromatic nitrogens is 2. The van der Waals surface area contributed by atoms with Crippen LogP contribution >= 0.6 is 11.3 Å².